The van der Waals surface area contributed by atoms with Gasteiger partial charge < -0.3 is 4.74 Å². The third kappa shape index (κ3) is 2.50. The number of likely N-dealkylation sites (tertiary alicyclic amines) is 1. The van der Waals surface area contributed by atoms with Crippen LogP contribution in [0.25, 0.3) is 0 Å². The third-order valence-electron chi connectivity index (χ3n) is 5.51. The van der Waals surface area contributed by atoms with Gasteiger partial charge in [0.25, 0.3) is 0 Å². The molecule has 0 aromatic rings. The second kappa shape index (κ2) is 5.36. The highest BCUT2D eigenvalue weighted by Crippen LogP contribution is 2.39. The van der Waals surface area contributed by atoms with Crippen LogP contribution >= 0.6 is 0 Å². The monoisotopic (exact) mass is 292 g/mol. The SMILES string of the molecule is O=C1CC(NC2CCOC2C2CC2)C(=O)N1C1CCCC1. The average Bonchev–Trinajstić information content (AvgIpc) is 2.86. The maximum Gasteiger partial charge on any atom is 0.247 e. The van der Waals surface area contributed by atoms with Crippen LogP contribution in [-0.2, 0) is 14.3 Å². The van der Waals surface area contributed by atoms with Crippen molar-refractivity contribution in [1.29, 1.82) is 0 Å². The van der Waals surface area contributed by atoms with E-state index in [0.29, 0.717) is 12.3 Å². The van der Waals surface area contributed by atoms with Gasteiger partial charge in [-0.3, -0.25) is 19.8 Å². The van der Waals surface area contributed by atoms with E-state index < -0.39 is 0 Å². The first-order chi connectivity index (χ1) is 10.2. The first-order valence-corrected chi connectivity index (χ1v) is 8.47. The Bertz CT molecular complexity index is 443. The number of hydrogen-bond acceptors (Lipinski definition) is 4. The summed E-state index contributed by atoms with van der Waals surface area (Å²) >= 11 is 0. The van der Waals surface area contributed by atoms with Gasteiger partial charge in [0.05, 0.1) is 18.6 Å². The lowest BCUT2D eigenvalue weighted by Gasteiger charge is -2.25. The fourth-order valence-electron chi connectivity index (χ4n) is 4.26. The van der Waals surface area contributed by atoms with E-state index >= 15 is 0 Å². The summed E-state index contributed by atoms with van der Waals surface area (Å²) < 4.78 is 5.82. The van der Waals surface area contributed by atoms with Crippen LogP contribution < -0.4 is 5.32 Å². The van der Waals surface area contributed by atoms with Gasteiger partial charge in [0, 0.05) is 18.7 Å². The summed E-state index contributed by atoms with van der Waals surface area (Å²) in [6, 6.07) is 0.102. The molecule has 2 saturated carbocycles. The Kier molecular flexibility index (Phi) is 3.50. The normalized spacial score (nSPS) is 37.9. The van der Waals surface area contributed by atoms with E-state index in [1.54, 1.807) is 4.90 Å². The molecule has 21 heavy (non-hydrogen) atoms. The molecule has 4 rings (SSSR count). The Morgan fingerprint density at radius 2 is 1.81 bits per heavy atom. The molecule has 4 fully saturated rings. The van der Waals surface area contributed by atoms with Crippen LogP contribution in [0.15, 0.2) is 0 Å². The molecule has 2 aliphatic carbocycles. The molecule has 2 aliphatic heterocycles. The number of hydrogen-bond donors (Lipinski definition) is 1. The summed E-state index contributed by atoms with van der Waals surface area (Å²) in [5, 5.41) is 3.45. The molecule has 3 unspecified atom stereocenters. The zero-order valence-electron chi connectivity index (χ0n) is 12.4. The molecule has 0 bridgehead atoms. The second-order valence-electron chi connectivity index (χ2n) is 7.03. The van der Waals surface area contributed by atoms with Crippen molar-refractivity contribution in [2.45, 2.75) is 75.6 Å². The van der Waals surface area contributed by atoms with Gasteiger partial charge >= 0.3 is 0 Å². The van der Waals surface area contributed by atoms with Gasteiger partial charge in [0.1, 0.15) is 0 Å². The second-order valence-corrected chi connectivity index (χ2v) is 7.03. The molecule has 2 saturated heterocycles. The van der Waals surface area contributed by atoms with Crippen molar-refractivity contribution in [2.75, 3.05) is 6.61 Å². The van der Waals surface area contributed by atoms with Crippen LogP contribution in [0.3, 0.4) is 0 Å². The predicted octanol–water partition coefficient (Wildman–Crippen LogP) is 1.21. The molecular weight excluding hydrogens is 268 g/mol. The highest BCUT2D eigenvalue weighted by molar-refractivity contribution is 6.05. The van der Waals surface area contributed by atoms with Crippen molar-refractivity contribution >= 4 is 11.8 Å². The van der Waals surface area contributed by atoms with Gasteiger partial charge in [-0.15, -0.1) is 0 Å². The molecule has 3 atom stereocenters. The highest BCUT2D eigenvalue weighted by Gasteiger charge is 2.47. The third-order valence-corrected chi connectivity index (χ3v) is 5.51. The van der Waals surface area contributed by atoms with Gasteiger partial charge in [-0.2, -0.15) is 0 Å². The quantitative estimate of drug-likeness (QED) is 0.791. The molecule has 0 radical (unpaired) electrons. The van der Waals surface area contributed by atoms with Gasteiger partial charge in [0.2, 0.25) is 11.8 Å². The molecule has 1 N–H and O–H groups in total. The smallest absolute Gasteiger partial charge is 0.247 e. The number of carbonyl (C=O) groups is 2. The first-order valence-electron chi connectivity index (χ1n) is 8.47. The maximum absolute atomic E-state index is 12.6. The number of imide groups is 1. The summed E-state index contributed by atoms with van der Waals surface area (Å²) in [4.78, 5) is 26.4. The van der Waals surface area contributed by atoms with E-state index in [0.717, 1.165) is 38.7 Å². The zero-order chi connectivity index (χ0) is 14.4. The predicted molar refractivity (Wildman–Crippen MR) is 76.5 cm³/mol. The van der Waals surface area contributed by atoms with Crippen molar-refractivity contribution < 1.29 is 14.3 Å². The number of ether oxygens (including phenoxy) is 1. The summed E-state index contributed by atoms with van der Waals surface area (Å²) in [5.74, 6) is 0.697. The van der Waals surface area contributed by atoms with E-state index in [2.05, 4.69) is 5.32 Å². The van der Waals surface area contributed by atoms with Crippen LogP contribution in [0.1, 0.15) is 51.4 Å². The molecular formula is C16H24N2O3. The van der Waals surface area contributed by atoms with Crippen molar-refractivity contribution in [3.63, 3.8) is 0 Å². The van der Waals surface area contributed by atoms with E-state index in [4.69, 9.17) is 4.74 Å². The number of carbonyl (C=O) groups excluding carboxylic acids is 2. The Hall–Kier alpha value is -0.940. The van der Waals surface area contributed by atoms with E-state index in [1.165, 1.54) is 12.8 Å². The fraction of sp³-hybridized carbons (Fsp3) is 0.875. The van der Waals surface area contributed by atoms with Crippen LogP contribution in [0.2, 0.25) is 0 Å². The lowest BCUT2D eigenvalue weighted by molar-refractivity contribution is -0.141. The minimum atomic E-state index is -0.314. The summed E-state index contributed by atoms with van der Waals surface area (Å²) in [5.41, 5.74) is 0. The standard InChI is InChI=1S/C16H24N2O3/c19-14-9-13(16(20)18(14)11-3-1-2-4-11)17-12-7-8-21-15(12)10-5-6-10/h10-13,15,17H,1-9H2. The van der Waals surface area contributed by atoms with Crippen LogP contribution in [0.4, 0.5) is 0 Å². The zero-order valence-corrected chi connectivity index (χ0v) is 12.4. The number of nitrogens with zero attached hydrogens (tertiary/aromatic N) is 1. The largest absolute Gasteiger partial charge is 0.376 e. The van der Waals surface area contributed by atoms with Crippen molar-refractivity contribution in [2.24, 2.45) is 5.92 Å². The van der Waals surface area contributed by atoms with E-state index in [1.807, 2.05) is 0 Å². The fourth-order valence-corrected chi connectivity index (χ4v) is 4.26. The van der Waals surface area contributed by atoms with Gasteiger partial charge in [-0.25, -0.2) is 0 Å². The van der Waals surface area contributed by atoms with Crippen molar-refractivity contribution in [1.82, 2.24) is 10.2 Å². The molecule has 5 heteroatoms. The molecule has 2 heterocycles. The molecule has 2 amide bonds. The summed E-state index contributed by atoms with van der Waals surface area (Å²) in [7, 11) is 0. The molecule has 0 aromatic carbocycles. The molecule has 0 spiro atoms. The number of amides is 2. The topological polar surface area (TPSA) is 58.6 Å². The Balaban J connectivity index is 1.41. The van der Waals surface area contributed by atoms with Crippen LogP contribution in [0, 0.1) is 5.92 Å². The minimum absolute atomic E-state index is 0.00773. The first kappa shape index (κ1) is 13.7. The Labute approximate surface area is 125 Å². The number of nitrogens with one attached hydrogen (secondary N) is 1. The van der Waals surface area contributed by atoms with Crippen LogP contribution in [0.5, 0.6) is 0 Å². The summed E-state index contributed by atoms with van der Waals surface area (Å²) in [6.45, 7) is 0.778. The van der Waals surface area contributed by atoms with E-state index in [9.17, 15) is 9.59 Å². The highest BCUT2D eigenvalue weighted by atomic mass is 16.5. The van der Waals surface area contributed by atoms with Gasteiger partial charge in [0.15, 0.2) is 0 Å². The average molecular weight is 292 g/mol. The lowest BCUT2D eigenvalue weighted by atomic mass is 10.0. The number of rotatable bonds is 4. The minimum Gasteiger partial charge on any atom is -0.376 e. The van der Waals surface area contributed by atoms with Gasteiger partial charge in [-0.05, 0) is 38.0 Å². The van der Waals surface area contributed by atoms with Crippen molar-refractivity contribution in [3.05, 3.63) is 0 Å². The summed E-state index contributed by atoms with van der Waals surface area (Å²) in [6.07, 6.45) is 8.30. The lowest BCUT2D eigenvalue weighted by Crippen LogP contribution is -2.48. The maximum atomic E-state index is 12.6. The Morgan fingerprint density at radius 1 is 1.05 bits per heavy atom. The van der Waals surface area contributed by atoms with Crippen molar-refractivity contribution in [3.8, 4) is 0 Å². The van der Waals surface area contributed by atoms with Crippen LogP contribution in [-0.4, -0.2) is 47.6 Å². The molecule has 5 nitrogen and oxygen atoms in total. The Morgan fingerprint density at radius 3 is 2.52 bits per heavy atom. The van der Waals surface area contributed by atoms with Gasteiger partial charge in [-0.1, -0.05) is 12.8 Å². The van der Waals surface area contributed by atoms with E-state index in [-0.39, 0.29) is 36.0 Å². The molecule has 116 valence electrons. The molecule has 0 aromatic heterocycles. The molecule has 4 aliphatic rings.